The van der Waals surface area contributed by atoms with Crippen LogP contribution >= 0.6 is 0 Å². The Morgan fingerprint density at radius 2 is 1.60 bits per heavy atom. The Morgan fingerprint density at radius 1 is 0.971 bits per heavy atom. The van der Waals surface area contributed by atoms with Gasteiger partial charge < -0.3 is 20.3 Å². The molecular weight excluding hydrogens is 442 g/mol. The molecular formula is C28H47N3O4. The number of amides is 3. The van der Waals surface area contributed by atoms with Crippen molar-refractivity contribution in [1.29, 1.82) is 0 Å². The standard InChI is InChI=1S/C28H47N3O4/c1-8-10-12-16-20-31(26(33)22(4)30-27(34)35-28(5,6)7)24(23-18-14-13-17-21(23)3)25(32)29-19-15-11-9-2/h13-14,17-18,22,24H,8-12,15-16,19-20H2,1-7H3,(H,29,32)(H,30,34). The maximum atomic E-state index is 13.7. The first kappa shape index (κ1) is 30.5. The van der Waals surface area contributed by atoms with Gasteiger partial charge in [-0.25, -0.2) is 4.79 Å². The minimum atomic E-state index is -0.838. The van der Waals surface area contributed by atoms with Crippen LogP contribution in [0.2, 0.25) is 0 Å². The van der Waals surface area contributed by atoms with Gasteiger partial charge in [-0.3, -0.25) is 9.59 Å². The van der Waals surface area contributed by atoms with Crippen molar-refractivity contribution in [3.8, 4) is 0 Å². The number of nitrogens with one attached hydrogen (secondary N) is 2. The molecule has 1 aromatic carbocycles. The maximum absolute atomic E-state index is 13.7. The Kier molecular flexibility index (Phi) is 13.4. The lowest BCUT2D eigenvalue weighted by molar-refractivity contribution is -0.142. The van der Waals surface area contributed by atoms with Crippen molar-refractivity contribution in [3.63, 3.8) is 0 Å². The first-order valence-electron chi connectivity index (χ1n) is 13.1. The number of ether oxygens (including phenoxy) is 1. The van der Waals surface area contributed by atoms with Crippen molar-refractivity contribution in [1.82, 2.24) is 15.5 Å². The van der Waals surface area contributed by atoms with Crippen LogP contribution in [0, 0.1) is 6.92 Å². The number of hydrogen-bond donors (Lipinski definition) is 2. The molecule has 7 nitrogen and oxygen atoms in total. The van der Waals surface area contributed by atoms with E-state index in [1.54, 1.807) is 32.6 Å². The minimum absolute atomic E-state index is 0.191. The van der Waals surface area contributed by atoms with Gasteiger partial charge in [0.25, 0.3) is 0 Å². The van der Waals surface area contributed by atoms with Gasteiger partial charge in [0.05, 0.1) is 0 Å². The van der Waals surface area contributed by atoms with Crippen LogP contribution in [0.4, 0.5) is 4.79 Å². The summed E-state index contributed by atoms with van der Waals surface area (Å²) in [7, 11) is 0. The van der Waals surface area contributed by atoms with Crippen molar-refractivity contribution < 1.29 is 19.1 Å². The molecule has 0 heterocycles. The van der Waals surface area contributed by atoms with E-state index in [1.807, 2.05) is 31.2 Å². The SMILES string of the molecule is CCCCCCN(C(=O)C(C)NC(=O)OC(C)(C)C)C(C(=O)NCCCCC)c1ccccc1C. The molecule has 0 saturated heterocycles. The predicted molar refractivity (Wildman–Crippen MR) is 141 cm³/mol. The third kappa shape index (κ3) is 11.1. The van der Waals surface area contributed by atoms with E-state index in [0.717, 1.165) is 56.1 Å². The first-order chi connectivity index (χ1) is 16.5. The Bertz CT molecular complexity index is 804. The van der Waals surface area contributed by atoms with Gasteiger partial charge in [-0.2, -0.15) is 0 Å². The highest BCUT2D eigenvalue weighted by atomic mass is 16.6. The van der Waals surface area contributed by atoms with E-state index in [-0.39, 0.29) is 11.8 Å². The second kappa shape index (κ2) is 15.4. The highest BCUT2D eigenvalue weighted by Gasteiger charge is 2.35. The fraction of sp³-hybridized carbons (Fsp3) is 0.679. The number of carbonyl (C=O) groups excluding carboxylic acids is 3. The number of alkyl carbamates (subject to hydrolysis) is 1. The molecule has 1 aromatic rings. The van der Waals surface area contributed by atoms with Gasteiger partial charge in [0.2, 0.25) is 11.8 Å². The Labute approximate surface area is 212 Å². The fourth-order valence-electron chi connectivity index (χ4n) is 3.90. The highest BCUT2D eigenvalue weighted by Crippen LogP contribution is 2.26. The molecule has 1 rings (SSSR count). The van der Waals surface area contributed by atoms with E-state index in [2.05, 4.69) is 24.5 Å². The maximum Gasteiger partial charge on any atom is 0.408 e. The lowest BCUT2D eigenvalue weighted by atomic mass is 9.97. The molecule has 2 unspecified atom stereocenters. The molecule has 0 saturated carbocycles. The topological polar surface area (TPSA) is 87.7 Å². The molecule has 3 amide bonds. The number of aryl methyl sites for hydroxylation is 1. The van der Waals surface area contributed by atoms with Crippen LogP contribution < -0.4 is 10.6 Å². The lowest BCUT2D eigenvalue weighted by Gasteiger charge is -2.34. The molecule has 0 spiro atoms. The second-order valence-electron chi connectivity index (χ2n) is 10.2. The molecule has 0 bridgehead atoms. The summed E-state index contributed by atoms with van der Waals surface area (Å²) in [5, 5.41) is 5.70. The van der Waals surface area contributed by atoms with Crippen molar-refractivity contribution in [2.24, 2.45) is 0 Å². The van der Waals surface area contributed by atoms with Gasteiger partial charge in [0, 0.05) is 13.1 Å². The van der Waals surface area contributed by atoms with Gasteiger partial charge in [-0.1, -0.05) is 70.2 Å². The van der Waals surface area contributed by atoms with Gasteiger partial charge in [0.15, 0.2) is 0 Å². The van der Waals surface area contributed by atoms with Crippen molar-refractivity contribution in [2.75, 3.05) is 13.1 Å². The number of benzene rings is 1. The average molecular weight is 490 g/mol. The van der Waals surface area contributed by atoms with Crippen LogP contribution in [0.25, 0.3) is 0 Å². The lowest BCUT2D eigenvalue weighted by Crippen LogP contribution is -2.52. The third-order valence-electron chi connectivity index (χ3n) is 5.76. The molecule has 0 aliphatic heterocycles. The number of unbranched alkanes of at least 4 members (excludes halogenated alkanes) is 5. The molecule has 0 aromatic heterocycles. The smallest absolute Gasteiger partial charge is 0.408 e. The van der Waals surface area contributed by atoms with E-state index in [9.17, 15) is 14.4 Å². The average Bonchev–Trinajstić information content (AvgIpc) is 2.77. The quantitative estimate of drug-likeness (QED) is 0.330. The fourth-order valence-corrected chi connectivity index (χ4v) is 3.90. The summed E-state index contributed by atoms with van der Waals surface area (Å²) >= 11 is 0. The van der Waals surface area contributed by atoms with Crippen LogP contribution in [0.15, 0.2) is 24.3 Å². The largest absolute Gasteiger partial charge is 0.444 e. The molecule has 7 heteroatoms. The molecule has 198 valence electrons. The molecule has 0 fully saturated rings. The summed E-state index contributed by atoms with van der Waals surface area (Å²) in [6, 6.07) is 6.07. The van der Waals surface area contributed by atoms with Crippen molar-refractivity contribution in [3.05, 3.63) is 35.4 Å². The summed E-state index contributed by atoms with van der Waals surface area (Å²) in [4.78, 5) is 41.2. The molecule has 35 heavy (non-hydrogen) atoms. The molecule has 2 atom stereocenters. The van der Waals surface area contributed by atoms with E-state index < -0.39 is 23.8 Å². The Balaban J connectivity index is 3.24. The number of nitrogens with zero attached hydrogens (tertiary/aromatic N) is 1. The van der Waals surface area contributed by atoms with Crippen molar-refractivity contribution >= 4 is 17.9 Å². The number of rotatable bonds is 14. The van der Waals surface area contributed by atoms with Gasteiger partial charge >= 0.3 is 6.09 Å². The minimum Gasteiger partial charge on any atom is -0.444 e. The third-order valence-corrected chi connectivity index (χ3v) is 5.76. The molecule has 0 aliphatic rings. The van der Waals surface area contributed by atoms with E-state index in [0.29, 0.717) is 13.1 Å². The molecule has 0 radical (unpaired) electrons. The second-order valence-corrected chi connectivity index (χ2v) is 10.2. The monoisotopic (exact) mass is 489 g/mol. The summed E-state index contributed by atoms with van der Waals surface area (Å²) in [6.07, 6.45) is 6.22. The summed E-state index contributed by atoms with van der Waals surface area (Å²) in [5.74, 6) is -0.493. The first-order valence-corrected chi connectivity index (χ1v) is 13.1. The van der Waals surface area contributed by atoms with Crippen LogP contribution in [-0.2, 0) is 14.3 Å². The molecule has 2 N–H and O–H groups in total. The van der Waals surface area contributed by atoms with E-state index in [1.165, 1.54) is 0 Å². The summed E-state index contributed by atoms with van der Waals surface area (Å²) in [6.45, 7) is 14.2. The molecule has 0 aliphatic carbocycles. The zero-order valence-corrected chi connectivity index (χ0v) is 22.9. The zero-order valence-electron chi connectivity index (χ0n) is 22.9. The number of hydrogen-bond acceptors (Lipinski definition) is 4. The summed E-state index contributed by atoms with van der Waals surface area (Å²) in [5.41, 5.74) is 1.07. The van der Waals surface area contributed by atoms with Gasteiger partial charge in [0.1, 0.15) is 17.7 Å². The highest BCUT2D eigenvalue weighted by molar-refractivity contribution is 5.92. The van der Waals surface area contributed by atoms with Crippen LogP contribution in [-0.4, -0.2) is 47.5 Å². The van der Waals surface area contributed by atoms with Gasteiger partial charge in [-0.15, -0.1) is 0 Å². The predicted octanol–water partition coefficient (Wildman–Crippen LogP) is 5.66. The normalized spacial score (nSPS) is 13.0. The van der Waals surface area contributed by atoms with Gasteiger partial charge in [-0.05, 0) is 58.6 Å². The van der Waals surface area contributed by atoms with Crippen LogP contribution in [0.5, 0.6) is 0 Å². The van der Waals surface area contributed by atoms with Crippen LogP contribution in [0.3, 0.4) is 0 Å². The zero-order chi connectivity index (χ0) is 26.4. The van der Waals surface area contributed by atoms with Crippen molar-refractivity contribution in [2.45, 2.75) is 111 Å². The van der Waals surface area contributed by atoms with Crippen LogP contribution in [0.1, 0.15) is 104 Å². The Morgan fingerprint density at radius 3 is 2.20 bits per heavy atom. The summed E-state index contributed by atoms with van der Waals surface area (Å²) < 4.78 is 5.34. The van der Waals surface area contributed by atoms with E-state index >= 15 is 0 Å². The van der Waals surface area contributed by atoms with E-state index in [4.69, 9.17) is 4.74 Å². The number of carbonyl (C=O) groups is 3. The Hall–Kier alpha value is -2.57.